The molecule has 3 N–H and O–H groups in total. The molecule has 0 amide bonds. The van der Waals surface area contributed by atoms with E-state index in [0.29, 0.717) is 15.7 Å². The fourth-order valence-electron chi connectivity index (χ4n) is 1.04. The molecule has 0 aliphatic heterocycles. The van der Waals surface area contributed by atoms with Crippen LogP contribution in [0.5, 0.6) is 0 Å². The van der Waals surface area contributed by atoms with E-state index in [1.807, 2.05) is 0 Å². The van der Waals surface area contributed by atoms with Crippen molar-refractivity contribution in [2.45, 2.75) is 6.18 Å². The molecule has 1 rings (SSSR count). The van der Waals surface area contributed by atoms with Crippen molar-refractivity contribution in [3.8, 4) is 0 Å². The van der Waals surface area contributed by atoms with Crippen LogP contribution in [0.15, 0.2) is 18.2 Å². The Morgan fingerprint density at radius 2 is 2.00 bits per heavy atom. The second-order valence-electron chi connectivity index (χ2n) is 3.30. The molecule has 0 saturated heterocycles. The van der Waals surface area contributed by atoms with Gasteiger partial charge in [0.1, 0.15) is 6.54 Å². The second-order valence-corrected chi connectivity index (χ2v) is 4.53. The van der Waals surface area contributed by atoms with Gasteiger partial charge in [-0.25, -0.2) is 5.84 Å². The topological polar surface area (TPSA) is 41.3 Å². The lowest BCUT2D eigenvalue weighted by Gasteiger charge is -2.22. The van der Waals surface area contributed by atoms with Crippen molar-refractivity contribution in [3.05, 3.63) is 28.2 Å². The van der Waals surface area contributed by atoms with E-state index < -0.39 is 12.7 Å². The number of alkyl halides is 3. The number of thiocarbonyl (C=S) groups is 1. The summed E-state index contributed by atoms with van der Waals surface area (Å²) in [5.74, 6) is 5.17. The monoisotopic (exact) mass is 317 g/mol. The number of benzene rings is 1. The van der Waals surface area contributed by atoms with E-state index >= 15 is 0 Å². The van der Waals surface area contributed by atoms with Crippen LogP contribution in [0.25, 0.3) is 0 Å². The van der Waals surface area contributed by atoms with Gasteiger partial charge in [-0.05, 0) is 30.4 Å². The van der Waals surface area contributed by atoms with Crippen molar-refractivity contribution in [1.29, 1.82) is 0 Å². The fraction of sp³-hybridized carbons (Fsp3) is 0.222. The molecule has 0 radical (unpaired) electrons. The standard InChI is InChI=1S/C9H8Cl2F3N3S/c10-5-1-2-7(6(11)3-5)16-8(18)17(15)4-9(12,13)14/h1-3H,4,15H2,(H,16,18). The van der Waals surface area contributed by atoms with E-state index in [9.17, 15) is 13.2 Å². The van der Waals surface area contributed by atoms with Crippen LogP contribution in [-0.2, 0) is 0 Å². The molecule has 1 aromatic carbocycles. The number of anilines is 1. The van der Waals surface area contributed by atoms with Crippen LogP contribution in [0, 0.1) is 0 Å². The highest BCUT2D eigenvalue weighted by molar-refractivity contribution is 7.80. The van der Waals surface area contributed by atoms with E-state index in [1.165, 1.54) is 18.2 Å². The van der Waals surface area contributed by atoms with Gasteiger partial charge in [0.25, 0.3) is 0 Å². The van der Waals surface area contributed by atoms with Gasteiger partial charge in [-0.2, -0.15) is 13.2 Å². The summed E-state index contributed by atoms with van der Waals surface area (Å²) in [6.45, 7) is -1.36. The van der Waals surface area contributed by atoms with Crippen molar-refractivity contribution < 1.29 is 13.2 Å². The second kappa shape index (κ2) is 5.92. The molecule has 0 unspecified atom stereocenters. The molecule has 0 atom stereocenters. The molecule has 0 aromatic heterocycles. The van der Waals surface area contributed by atoms with Gasteiger partial charge in [-0.1, -0.05) is 23.2 Å². The Morgan fingerprint density at radius 1 is 1.39 bits per heavy atom. The summed E-state index contributed by atoms with van der Waals surface area (Å²) in [5.41, 5.74) is 0.323. The number of halogens is 5. The predicted octanol–water partition coefficient (Wildman–Crippen LogP) is 3.43. The van der Waals surface area contributed by atoms with Crippen LogP contribution in [0.3, 0.4) is 0 Å². The molecular weight excluding hydrogens is 310 g/mol. The van der Waals surface area contributed by atoms with E-state index in [4.69, 9.17) is 41.3 Å². The zero-order chi connectivity index (χ0) is 13.9. The summed E-state index contributed by atoms with van der Waals surface area (Å²) in [6, 6.07) is 4.43. The maximum atomic E-state index is 12.1. The molecule has 3 nitrogen and oxygen atoms in total. The molecular formula is C9H8Cl2F3N3S. The highest BCUT2D eigenvalue weighted by Gasteiger charge is 2.30. The third-order valence-electron chi connectivity index (χ3n) is 1.78. The third-order valence-corrected chi connectivity index (χ3v) is 2.67. The number of hydrogen-bond acceptors (Lipinski definition) is 2. The zero-order valence-electron chi connectivity index (χ0n) is 8.76. The van der Waals surface area contributed by atoms with Crippen LogP contribution < -0.4 is 11.2 Å². The Bertz CT molecular complexity index is 453. The minimum absolute atomic E-state index is 0.227. The molecule has 0 saturated carbocycles. The molecule has 1 aromatic rings. The van der Waals surface area contributed by atoms with E-state index in [-0.39, 0.29) is 10.1 Å². The van der Waals surface area contributed by atoms with Gasteiger partial charge >= 0.3 is 6.18 Å². The Balaban J connectivity index is 2.70. The third kappa shape index (κ3) is 4.85. The number of hydrazine groups is 1. The summed E-state index contributed by atoms with van der Waals surface area (Å²) in [6.07, 6.45) is -4.44. The Morgan fingerprint density at radius 3 is 2.50 bits per heavy atom. The summed E-state index contributed by atoms with van der Waals surface area (Å²) >= 11 is 16.2. The van der Waals surface area contributed by atoms with Gasteiger partial charge in [0.05, 0.1) is 10.7 Å². The lowest BCUT2D eigenvalue weighted by Crippen LogP contribution is -2.45. The summed E-state index contributed by atoms with van der Waals surface area (Å²) in [7, 11) is 0. The molecule has 0 spiro atoms. The van der Waals surface area contributed by atoms with Crippen LogP contribution in [0.2, 0.25) is 10.0 Å². The zero-order valence-corrected chi connectivity index (χ0v) is 11.1. The first-order chi connectivity index (χ1) is 8.19. The van der Waals surface area contributed by atoms with Crippen LogP contribution >= 0.6 is 35.4 Å². The number of nitrogens with one attached hydrogen (secondary N) is 1. The van der Waals surface area contributed by atoms with Crippen molar-refractivity contribution in [1.82, 2.24) is 5.01 Å². The molecule has 9 heteroatoms. The first-order valence-electron chi connectivity index (χ1n) is 4.54. The average Bonchev–Trinajstić information content (AvgIpc) is 2.19. The van der Waals surface area contributed by atoms with Crippen molar-refractivity contribution in [2.75, 3.05) is 11.9 Å². The quantitative estimate of drug-likeness (QED) is 0.498. The number of nitrogens with two attached hydrogens (primary N) is 1. The summed E-state index contributed by atoms with van der Waals surface area (Å²) in [4.78, 5) is 0. The Labute approximate surface area is 117 Å². The van der Waals surface area contributed by atoms with Crippen molar-refractivity contribution >= 4 is 46.2 Å². The Kier molecular flexibility index (Phi) is 5.03. The van der Waals surface area contributed by atoms with Gasteiger partial charge in [0.15, 0.2) is 5.11 Å². The highest BCUT2D eigenvalue weighted by atomic mass is 35.5. The average molecular weight is 318 g/mol. The first-order valence-corrected chi connectivity index (χ1v) is 5.70. The van der Waals surface area contributed by atoms with Crippen LogP contribution in [-0.4, -0.2) is 22.8 Å². The predicted molar refractivity (Wildman–Crippen MR) is 69.6 cm³/mol. The van der Waals surface area contributed by atoms with Gasteiger partial charge < -0.3 is 5.32 Å². The van der Waals surface area contributed by atoms with E-state index in [0.717, 1.165) is 0 Å². The first kappa shape index (κ1) is 15.3. The molecule has 100 valence electrons. The summed E-state index contributed by atoms with van der Waals surface area (Å²) < 4.78 is 36.3. The molecule has 0 bridgehead atoms. The van der Waals surface area contributed by atoms with E-state index in [1.54, 1.807) is 0 Å². The van der Waals surface area contributed by atoms with Gasteiger partial charge in [-0.15, -0.1) is 0 Å². The molecule has 0 aliphatic carbocycles. The van der Waals surface area contributed by atoms with E-state index in [2.05, 4.69) is 5.32 Å². The highest BCUT2D eigenvalue weighted by Crippen LogP contribution is 2.25. The van der Waals surface area contributed by atoms with Gasteiger partial charge in [0.2, 0.25) is 0 Å². The Hall–Kier alpha value is -0.760. The normalized spacial score (nSPS) is 11.2. The largest absolute Gasteiger partial charge is 0.407 e. The molecule has 18 heavy (non-hydrogen) atoms. The lowest BCUT2D eigenvalue weighted by molar-refractivity contribution is -0.137. The fourth-order valence-corrected chi connectivity index (χ4v) is 1.67. The van der Waals surface area contributed by atoms with Gasteiger partial charge in [-0.3, -0.25) is 5.01 Å². The van der Waals surface area contributed by atoms with Crippen LogP contribution in [0.1, 0.15) is 0 Å². The lowest BCUT2D eigenvalue weighted by atomic mass is 10.3. The number of hydrogen-bond donors (Lipinski definition) is 2. The minimum atomic E-state index is -4.44. The number of rotatable bonds is 2. The molecule has 0 heterocycles. The molecule has 0 aliphatic rings. The molecule has 0 fully saturated rings. The van der Waals surface area contributed by atoms with Crippen LogP contribution in [0.4, 0.5) is 18.9 Å². The van der Waals surface area contributed by atoms with Crippen molar-refractivity contribution in [3.63, 3.8) is 0 Å². The SMILES string of the molecule is NN(CC(F)(F)F)C(=S)Nc1ccc(Cl)cc1Cl. The maximum absolute atomic E-state index is 12.1. The maximum Gasteiger partial charge on any atom is 0.407 e. The van der Waals surface area contributed by atoms with Crippen molar-refractivity contribution in [2.24, 2.45) is 5.84 Å². The summed E-state index contributed by atoms with van der Waals surface area (Å²) in [5, 5.41) is 3.21. The smallest absolute Gasteiger partial charge is 0.330 e. The number of nitrogens with zero attached hydrogens (tertiary/aromatic N) is 1. The minimum Gasteiger partial charge on any atom is -0.330 e. The van der Waals surface area contributed by atoms with Gasteiger partial charge in [0, 0.05) is 5.02 Å².